The molecule has 0 aliphatic heterocycles. The van der Waals surface area contributed by atoms with E-state index in [4.69, 9.17) is 13.9 Å². The van der Waals surface area contributed by atoms with Crippen molar-refractivity contribution in [2.24, 2.45) is 0 Å². The monoisotopic (exact) mass is 387 g/mol. The summed E-state index contributed by atoms with van der Waals surface area (Å²) in [5.74, 6) is 1.92. The number of aromatic nitrogens is 3. The topological polar surface area (TPSA) is 79.4 Å². The highest BCUT2D eigenvalue weighted by molar-refractivity contribution is 7.99. The van der Waals surface area contributed by atoms with Crippen LogP contribution in [-0.4, -0.2) is 39.7 Å². The van der Waals surface area contributed by atoms with Gasteiger partial charge < -0.3 is 13.9 Å². The Morgan fingerprint density at radius 3 is 2.78 bits per heavy atom. The molecule has 142 valence electrons. The Kier molecular flexibility index (Phi) is 6.54. The Morgan fingerprint density at radius 1 is 1.19 bits per heavy atom. The van der Waals surface area contributed by atoms with Crippen molar-refractivity contribution in [2.45, 2.75) is 25.5 Å². The molecule has 0 radical (unpaired) electrons. The van der Waals surface area contributed by atoms with Crippen molar-refractivity contribution in [2.75, 3.05) is 19.0 Å². The quantitative estimate of drug-likeness (QED) is 0.315. The van der Waals surface area contributed by atoms with E-state index in [1.54, 1.807) is 12.3 Å². The Labute approximate surface area is 161 Å². The maximum Gasteiger partial charge on any atom is 0.316 e. The number of rotatable bonds is 9. The van der Waals surface area contributed by atoms with E-state index in [9.17, 15) is 4.79 Å². The van der Waals surface area contributed by atoms with Crippen LogP contribution in [0.4, 0.5) is 0 Å². The van der Waals surface area contributed by atoms with Gasteiger partial charge in [-0.2, -0.15) is 0 Å². The van der Waals surface area contributed by atoms with Gasteiger partial charge in [0.15, 0.2) is 16.7 Å². The van der Waals surface area contributed by atoms with Crippen LogP contribution in [0.15, 0.2) is 52.2 Å². The van der Waals surface area contributed by atoms with Crippen molar-refractivity contribution in [3.63, 3.8) is 0 Å². The maximum atomic E-state index is 12.0. The third-order valence-electron chi connectivity index (χ3n) is 3.79. The van der Waals surface area contributed by atoms with Gasteiger partial charge in [0.25, 0.3) is 0 Å². The summed E-state index contributed by atoms with van der Waals surface area (Å²) in [6, 6.07) is 11.3. The van der Waals surface area contributed by atoms with Gasteiger partial charge in [0, 0.05) is 6.54 Å². The average molecular weight is 387 g/mol. The molecule has 7 nitrogen and oxygen atoms in total. The first-order valence-corrected chi connectivity index (χ1v) is 9.61. The summed E-state index contributed by atoms with van der Waals surface area (Å²) in [5.41, 5.74) is 1.05. The Morgan fingerprint density at radius 2 is 2.04 bits per heavy atom. The minimum absolute atomic E-state index is 0.153. The first kappa shape index (κ1) is 19.0. The first-order chi connectivity index (χ1) is 13.2. The van der Waals surface area contributed by atoms with E-state index in [-0.39, 0.29) is 18.3 Å². The summed E-state index contributed by atoms with van der Waals surface area (Å²) in [4.78, 5) is 12.0. The van der Waals surface area contributed by atoms with Crippen molar-refractivity contribution in [3.8, 4) is 17.3 Å². The smallest absolute Gasteiger partial charge is 0.316 e. The number of ether oxygens (including phenoxy) is 2. The number of nitrogens with zero attached hydrogens (tertiary/aromatic N) is 3. The second-order valence-corrected chi connectivity index (χ2v) is 6.59. The van der Waals surface area contributed by atoms with Crippen LogP contribution < -0.4 is 4.74 Å². The number of furan rings is 1. The van der Waals surface area contributed by atoms with Crippen LogP contribution in [0.2, 0.25) is 0 Å². The SMILES string of the molecule is CCn1c(SCC(=O)OCCOc2ccccc2C)nnc1-c1ccco1. The number of thioether (sulfide) groups is 1. The number of para-hydroxylation sites is 1. The highest BCUT2D eigenvalue weighted by atomic mass is 32.2. The molecule has 0 unspecified atom stereocenters. The van der Waals surface area contributed by atoms with Gasteiger partial charge >= 0.3 is 5.97 Å². The Balaban J connectivity index is 1.45. The minimum Gasteiger partial charge on any atom is -0.490 e. The van der Waals surface area contributed by atoms with E-state index in [1.165, 1.54) is 11.8 Å². The molecule has 3 rings (SSSR count). The van der Waals surface area contributed by atoms with Gasteiger partial charge in [0.1, 0.15) is 19.0 Å². The molecular weight excluding hydrogens is 366 g/mol. The molecule has 3 aromatic rings. The van der Waals surface area contributed by atoms with Crippen LogP contribution >= 0.6 is 11.8 Å². The molecule has 27 heavy (non-hydrogen) atoms. The molecule has 0 saturated heterocycles. The normalized spacial score (nSPS) is 10.7. The van der Waals surface area contributed by atoms with Gasteiger partial charge in [0.05, 0.1) is 12.0 Å². The van der Waals surface area contributed by atoms with Crippen molar-refractivity contribution < 1.29 is 18.7 Å². The molecule has 0 bridgehead atoms. The number of esters is 1. The van der Waals surface area contributed by atoms with E-state index in [0.29, 0.717) is 29.9 Å². The molecule has 0 aliphatic carbocycles. The molecule has 0 aliphatic rings. The summed E-state index contributed by atoms with van der Waals surface area (Å²) in [7, 11) is 0. The minimum atomic E-state index is -0.321. The van der Waals surface area contributed by atoms with Crippen LogP contribution in [0.25, 0.3) is 11.6 Å². The molecule has 0 amide bonds. The zero-order valence-corrected chi connectivity index (χ0v) is 16.1. The van der Waals surface area contributed by atoms with Gasteiger partial charge in [-0.05, 0) is 37.6 Å². The number of carbonyl (C=O) groups is 1. The molecule has 0 fully saturated rings. The van der Waals surface area contributed by atoms with E-state index >= 15 is 0 Å². The van der Waals surface area contributed by atoms with E-state index in [0.717, 1.165) is 11.3 Å². The standard InChI is InChI=1S/C19H21N3O4S/c1-3-22-18(16-9-6-10-24-16)20-21-19(22)27-13-17(23)26-12-11-25-15-8-5-4-7-14(15)2/h4-10H,3,11-13H2,1-2H3. The third-order valence-corrected chi connectivity index (χ3v) is 4.73. The van der Waals surface area contributed by atoms with Gasteiger partial charge in [-0.15, -0.1) is 10.2 Å². The molecule has 0 saturated carbocycles. The third kappa shape index (κ3) is 4.91. The highest BCUT2D eigenvalue weighted by Gasteiger charge is 2.16. The van der Waals surface area contributed by atoms with Crippen molar-refractivity contribution >= 4 is 17.7 Å². The molecule has 2 aromatic heterocycles. The molecule has 8 heteroatoms. The molecule has 2 heterocycles. The van der Waals surface area contributed by atoms with Crippen molar-refractivity contribution in [3.05, 3.63) is 48.2 Å². The number of carbonyl (C=O) groups excluding carboxylic acids is 1. The maximum absolute atomic E-state index is 12.0. The second kappa shape index (κ2) is 9.27. The fourth-order valence-corrected chi connectivity index (χ4v) is 3.26. The van der Waals surface area contributed by atoms with Gasteiger partial charge in [0.2, 0.25) is 0 Å². The number of aryl methyl sites for hydroxylation is 1. The Bertz CT molecular complexity index is 877. The number of benzene rings is 1. The van der Waals surface area contributed by atoms with Crippen LogP contribution in [0.3, 0.4) is 0 Å². The van der Waals surface area contributed by atoms with Gasteiger partial charge in [-0.1, -0.05) is 30.0 Å². The molecule has 0 N–H and O–H groups in total. The average Bonchev–Trinajstić information content (AvgIpc) is 3.33. The predicted octanol–water partition coefficient (Wildman–Crippen LogP) is 3.58. The lowest BCUT2D eigenvalue weighted by molar-refractivity contribution is -0.141. The van der Waals surface area contributed by atoms with Crippen LogP contribution in [0.5, 0.6) is 5.75 Å². The largest absolute Gasteiger partial charge is 0.490 e. The zero-order valence-electron chi connectivity index (χ0n) is 15.3. The second-order valence-electron chi connectivity index (χ2n) is 5.65. The van der Waals surface area contributed by atoms with Gasteiger partial charge in [-0.3, -0.25) is 9.36 Å². The lowest BCUT2D eigenvalue weighted by Gasteiger charge is -2.09. The summed E-state index contributed by atoms with van der Waals surface area (Å²) < 4.78 is 18.1. The van der Waals surface area contributed by atoms with Crippen LogP contribution in [0, 0.1) is 6.92 Å². The lowest BCUT2D eigenvalue weighted by Crippen LogP contribution is -2.14. The molecular formula is C19H21N3O4S. The fraction of sp³-hybridized carbons (Fsp3) is 0.316. The Hall–Kier alpha value is -2.74. The van der Waals surface area contributed by atoms with Crippen LogP contribution in [0.1, 0.15) is 12.5 Å². The summed E-state index contributed by atoms with van der Waals surface area (Å²) in [5, 5.41) is 8.95. The summed E-state index contributed by atoms with van der Waals surface area (Å²) >= 11 is 1.29. The van der Waals surface area contributed by atoms with Crippen LogP contribution in [-0.2, 0) is 16.1 Å². The molecule has 0 atom stereocenters. The van der Waals surface area contributed by atoms with Crippen molar-refractivity contribution in [1.82, 2.24) is 14.8 Å². The first-order valence-electron chi connectivity index (χ1n) is 8.63. The van der Waals surface area contributed by atoms with Crippen molar-refractivity contribution in [1.29, 1.82) is 0 Å². The van der Waals surface area contributed by atoms with E-state index < -0.39 is 0 Å². The zero-order chi connectivity index (χ0) is 19.1. The lowest BCUT2D eigenvalue weighted by atomic mass is 10.2. The molecule has 0 spiro atoms. The predicted molar refractivity (Wildman–Crippen MR) is 102 cm³/mol. The van der Waals surface area contributed by atoms with E-state index in [1.807, 2.05) is 48.7 Å². The highest BCUT2D eigenvalue weighted by Crippen LogP contribution is 2.24. The number of hydrogen-bond acceptors (Lipinski definition) is 7. The summed E-state index contributed by atoms with van der Waals surface area (Å²) in [6.45, 7) is 5.14. The van der Waals surface area contributed by atoms with Gasteiger partial charge in [-0.25, -0.2) is 0 Å². The van der Waals surface area contributed by atoms with E-state index in [2.05, 4.69) is 10.2 Å². The number of hydrogen-bond donors (Lipinski definition) is 0. The fourth-order valence-electron chi connectivity index (χ4n) is 2.46. The molecule has 1 aromatic carbocycles. The summed E-state index contributed by atoms with van der Waals surface area (Å²) in [6.07, 6.45) is 1.59.